The van der Waals surface area contributed by atoms with E-state index in [1.807, 2.05) is 15.2 Å². The van der Waals surface area contributed by atoms with Crippen molar-refractivity contribution in [3.05, 3.63) is 45.8 Å². The van der Waals surface area contributed by atoms with Gasteiger partial charge in [-0.2, -0.15) is 13.2 Å². The summed E-state index contributed by atoms with van der Waals surface area (Å²) in [4.78, 5) is 21.3. The predicted molar refractivity (Wildman–Crippen MR) is 93.6 cm³/mol. The third-order valence-corrected chi connectivity index (χ3v) is 5.79. The largest absolute Gasteiger partial charge is 0.417 e. The van der Waals surface area contributed by atoms with Gasteiger partial charge in [0.2, 0.25) is 0 Å². The van der Waals surface area contributed by atoms with Crippen LogP contribution in [-0.2, 0) is 6.18 Å². The van der Waals surface area contributed by atoms with E-state index in [1.165, 1.54) is 23.0 Å². The van der Waals surface area contributed by atoms with Crippen molar-refractivity contribution in [2.24, 2.45) is 0 Å². The summed E-state index contributed by atoms with van der Waals surface area (Å²) < 4.78 is 37.9. The van der Waals surface area contributed by atoms with Gasteiger partial charge in [0.1, 0.15) is 5.82 Å². The fourth-order valence-corrected chi connectivity index (χ4v) is 4.18. The van der Waals surface area contributed by atoms with E-state index >= 15 is 0 Å². The van der Waals surface area contributed by atoms with E-state index in [2.05, 4.69) is 11.1 Å². The van der Waals surface area contributed by atoms with Crippen LogP contribution in [0.5, 0.6) is 0 Å². The maximum atomic E-state index is 12.8. The second-order valence-corrected chi connectivity index (χ2v) is 7.58. The lowest BCUT2D eigenvalue weighted by Gasteiger charge is -2.35. The van der Waals surface area contributed by atoms with Crippen molar-refractivity contribution in [1.82, 2.24) is 9.88 Å². The van der Waals surface area contributed by atoms with Crippen molar-refractivity contribution >= 4 is 23.1 Å². The zero-order valence-corrected chi connectivity index (χ0v) is 14.8. The third kappa shape index (κ3) is 3.42. The number of aromatic nitrogens is 1. The minimum Gasteiger partial charge on any atom is -0.353 e. The Balaban J connectivity index is 1.39. The van der Waals surface area contributed by atoms with Gasteiger partial charge in [-0.3, -0.25) is 4.79 Å². The van der Waals surface area contributed by atoms with Gasteiger partial charge in [-0.25, -0.2) is 4.98 Å². The van der Waals surface area contributed by atoms with Gasteiger partial charge < -0.3 is 9.80 Å². The summed E-state index contributed by atoms with van der Waals surface area (Å²) in [7, 11) is 0. The number of carbonyl (C=O) groups excluding carboxylic acids is 1. The normalized spacial score (nSPS) is 18.3. The molecular formula is C18H18F3N3OS. The van der Waals surface area contributed by atoms with Gasteiger partial charge >= 0.3 is 6.18 Å². The zero-order valence-electron chi connectivity index (χ0n) is 14.0. The molecule has 2 aromatic rings. The highest BCUT2D eigenvalue weighted by atomic mass is 32.1. The number of amides is 1. The summed E-state index contributed by atoms with van der Waals surface area (Å²) in [5.41, 5.74) is 0.423. The summed E-state index contributed by atoms with van der Waals surface area (Å²) in [5.74, 6) is 1.12. The molecule has 0 radical (unpaired) electrons. The number of thiophene rings is 1. The molecule has 1 saturated carbocycles. The number of piperazine rings is 1. The van der Waals surface area contributed by atoms with Crippen LogP contribution in [0.15, 0.2) is 29.8 Å². The minimum absolute atomic E-state index is 0.0712. The number of alkyl halides is 3. The molecule has 1 aliphatic carbocycles. The Morgan fingerprint density at radius 1 is 1.12 bits per heavy atom. The van der Waals surface area contributed by atoms with Gasteiger partial charge in [-0.05, 0) is 47.9 Å². The molecule has 1 saturated heterocycles. The van der Waals surface area contributed by atoms with Crippen LogP contribution < -0.4 is 4.90 Å². The Morgan fingerprint density at radius 3 is 2.42 bits per heavy atom. The lowest BCUT2D eigenvalue weighted by molar-refractivity contribution is -0.137. The molecule has 2 fully saturated rings. The van der Waals surface area contributed by atoms with E-state index in [4.69, 9.17) is 0 Å². The van der Waals surface area contributed by atoms with Crippen molar-refractivity contribution in [2.75, 3.05) is 31.1 Å². The van der Waals surface area contributed by atoms with Crippen LogP contribution in [0.1, 0.15) is 39.6 Å². The number of carbonyl (C=O) groups is 1. The average Bonchev–Trinajstić information content (AvgIpc) is 3.37. The van der Waals surface area contributed by atoms with E-state index in [9.17, 15) is 18.0 Å². The molecule has 1 amide bonds. The fraction of sp³-hybridized carbons (Fsp3) is 0.444. The van der Waals surface area contributed by atoms with E-state index in [0.29, 0.717) is 37.9 Å². The number of hydrogen-bond acceptors (Lipinski definition) is 4. The summed E-state index contributed by atoms with van der Waals surface area (Å²) >= 11 is 1.50. The highest BCUT2D eigenvalue weighted by molar-refractivity contribution is 7.12. The molecule has 2 aliphatic rings. The molecule has 3 heterocycles. The number of anilines is 1. The first-order valence-electron chi connectivity index (χ1n) is 8.58. The first-order valence-corrected chi connectivity index (χ1v) is 9.46. The molecule has 1 aliphatic heterocycles. The third-order valence-electron chi connectivity index (χ3n) is 4.87. The van der Waals surface area contributed by atoms with Gasteiger partial charge in [0.15, 0.2) is 0 Å². The van der Waals surface area contributed by atoms with E-state index < -0.39 is 11.7 Å². The van der Waals surface area contributed by atoms with Gasteiger partial charge in [-0.15, -0.1) is 11.3 Å². The van der Waals surface area contributed by atoms with Crippen LogP contribution in [-0.4, -0.2) is 42.0 Å². The first kappa shape index (κ1) is 17.3. The van der Waals surface area contributed by atoms with E-state index in [0.717, 1.165) is 30.0 Å². The Kier molecular flexibility index (Phi) is 4.38. The molecule has 0 atom stereocenters. The number of rotatable bonds is 3. The second-order valence-electron chi connectivity index (χ2n) is 6.66. The zero-order chi connectivity index (χ0) is 18.3. The molecule has 2 aromatic heterocycles. The van der Waals surface area contributed by atoms with Crippen LogP contribution in [0, 0.1) is 0 Å². The average molecular weight is 381 g/mol. The molecule has 0 aromatic carbocycles. The van der Waals surface area contributed by atoms with Crippen molar-refractivity contribution in [3.8, 4) is 0 Å². The lowest BCUT2D eigenvalue weighted by Crippen LogP contribution is -2.49. The number of pyridine rings is 1. The van der Waals surface area contributed by atoms with Crippen LogP contribution in [0.4, 0.5) is 19.0 Å². The second kappa shape index (κ2) is 6.57. The van der Waals surface area contributed by atoms with Gasteiger partial charge in [0.05, 0.1) is 10.4 Å². The maximum Gasteiger partial charge on any atom is 0.417 e. The van der Waals surface area contributed by atoms with Crippen LogP contribution in [0.2, 0.25) is 0 Å². The molecule has 0 unspecified atom stereocenters. The van der Waals surface area contributed by atoms with Crippen LogP contribution >= 0.6 is 11.3 Å². The number of hydrogen-bond donors (Lipinski definition) is 0. The summed E-state index contributed by atoms with van der Waals surface area (Å²) in [6, 6.07) is 4.50. The van der Waals surface area contributed by atoms with Crippen molar-refractivity contribution in [2.45, 2.75) is 24.9 Å². The molecule has 138 valence electrons. The molecule has 0 spiro atoms. The van der Waals surface area contributed by atoms with E-state index in [-0.39, 0.29) is 5.91 Å². The predicted octanol–water partition coefficient (Wildman–Crippen LogP) is 4.00. The Bertz CT molecular complexity index is 791. The molecular weight excluding hydrogens is 363 g/mol. The standard InChI is InChI=1S/C18H18F3N3OS/c19-18(20,21)13-3-4-15(22-11-13)23-6-8-24(9-7-23)17(25)16-14(5-10-26-16)12-1-2-12/h3-5,10-12H,1-2,6-9H2. The molecule has 4 nitrogen and oxygen atoms in total. The maximum absolute atomic E-state index is 12.8. The first-order chi connectivity index (χ1) is 12.4. The fourth-order valence-electron chi connectivity index (χ4n) is 3.23. The highest BCUT2D eigenvalue weighted by Crippen LogP contribution is 2.43. The van der Waals surface area contributed by atoms with Crippen molar-refractivity contribution in [3.63, 3.8) is 0 Å². The smallest absolute Gasteiger partial charge is 0.353 e. The Labute approximate surface area is 153 Å². The van der Waals surface area contributed by atoms with Crippen LogP contribution in [0.25, 0.3) is 0 Å². The molecule has 0 N–H and O–H groups in total. The summed E-state index contributed by atoms with van der Waals surface area (Å²) in [6.07, 6.45) is -1.20. The quantitative estimate of drug-likeness (QED) is 0.806. The monoisotopic (exact) mass is 381 g/mol. The van der Waals surface area contributed by atoms with E-state index in [1.54, 1.807) is 0 Å². The van der Waals surface area contributed by atoms with Crippen molar-refractivity contribution in [1.29, 1.82) is 0 Å². The van der Waals surface area contributed by atoms with Crippen LogP contribution in [0.3, 0.4) is 0 Å². The Morgan fingerprint density at radius 2 is 1.85 bits per heavy atom. The van der Waals surface area contributed by atoms with Gasteiger partial charge in [0.25, 0.3) is 5.91 Å². The summed E-state index contributed by atoms with van der Waals surface area (Å²) in [6.45, 7) is 2.22. The molecule has 26 heavy (non-hydrogen) atoms. The topological polar surface area (TPSA) is 36.4 Å². The SMILES string of the molecule is O=C(c1sccc1C1CC1)N1CCN(c2ccc(C(F)(F)F)cn2)CC1. The van der Waals surface area contributed by atoms with Gasteiger partial charge in [0, 0.05) is 32.4 Å². The molecule has 0 bridgehead atoms. The van der Waals surface area contributed by atoms with Crippen molar-refractivity contribution < 1.29 is 18.0 Å². The minimum atomic E-state index is -4.38. The number of nitrogens with zero attached hydrogens (tertiary/aromatic N) is 3. The summed E-state index contributed by atoms with van der Waals surface area (Å²) in [5, 5.41) is 1.98. The molecule has 8 heteroatoms. The number of halogens is 3. The Hall–Kier alpha value is -2.09. The highest BCUT2D eigenvalue weighted by Gasteiger charge is 2.33. The van der Waals surface area contributed by atoms with Gasteiger partial charge in [-0.1, -0.05) is 0 Å². The lowest BCUT2D eigenvalue weighted by atomic mass is 10.1. The molecule has 4 rings (SSSR count).